The highest BCUT2D eigenvalue weighted by Crippen LogP contribution is 2.43. The third-order valence-electron chi connectivity index (χ3n) is 5.76. The highest BCUT2D eigenvalue weighted by molar-refractivity contribution is 6.10. The molecule has 1 atom stereocenters. The molecule has 1 aromatic heterocycles. The average Bonchev–Trinajstić information content (AvgIpc) is 3.43. The van der Waals surface area contributed by atoms with E-state index in [1.54, 1.807) is 28.9 Å². The van der Waals surface area contributed by atoms with Crippen LogP contribution in [0.4, 0.5) is 11.4 Å². The standard InChI is InChI=1S/C24H22N2O4/c1-15-14-25(24(28)22-7-4-11-29-22)21-13-18(8-9-20(21)26(15)16(2)27)19-6-3-5-17-10-12-30-23(17)19/h3-9,11,13,15H,10,12,14H2,1-2H3/t15-/m0/s1. The van der Waals surface area contributed by atoms with Gasteiger partial charge in [0.25, 0.3) is 5.91 Å². The van der Waals surface area contributed by atoms with Crippen molar-refractivity contribution in [3.05, 3.63) is 66.1 Å². The maximum atomic E-state index is 13.2. The van der Waals surface area contributed by atoms with Crippen LogP contribution in [0.25, 0.3) is 11.1 Å². The molecule has 0 saturated heterocycles. The highest BCUT2D eigenvalue weighted by atomic mass is 16.5. The summed E-state index contributed by atoms with van der Waals surface area (Å²) in [5.74, 6) is 0.904. The summed E-state index contributed by atoms with van der Waals surface area (Å²) in [6, 6.07) is 15.2. The first-order valence-electron chi connectivity index (χ1n) is 10.1. The molecule has 0 aliphatic carbocycles. The summed E-state index contributed by atoms with van der Waals surface area (Å²) < 4.78 is 11.2. The maximum absolute atomic E-state index is 13.2. The van der Waals surface area contributed by atoms with Gasteiger partial charge in [-0.3, -0.25) is 9.59 Å². The Kier molecular flexibility index (Phi) is 4.35. The van der Waals surface area contributed by atoms with Gasteiger partial charge in [0, 0.05) is 25.5 Å². The quantitative estimate of drug-likeness (QED) is 0.642. The van der Waals surface area contributed by atoms with Crippen LogP contribution in [0.15, 0.2) is 59.2 Å². The minimum absolute atomic E-state index is 0.0504. The maximum Gasteiger partial charge on any atom is 0.294 e. The van der Waals surface area contributed by atoms with Gasteiger partial charge < -0.3 is 19.0 Å². The Morgan fingerprint density at radius 1 is 1.07 bits per heavy atom. The van der Waals surface area contributed by atoms with Crippen LogP contribution in [0.5, 0.6) is 5.75 Å². The van der Waals surface area contributed by atoms with Crippen LogP contribution < -0.4 is 14.5 Å². The lowest BCUT2D eigenvalue weighted by molar-refractivity contribution is -0.117. The molecular formula is C24H22N2O4. The summed E-state index contributed by atoms with van der Waals surface area (Å²) in [6.45, 7) is 4.56. The number of anilines is 2. The highest BCUT2D eigenvalue weighted by Gasteiger charge is 2.35. The SMILES string of the molecule is CC(=O)N1c2ccc(-c3cccc4c3OCC4)cc2N(C(=O)c2ccco2)C[C@@H]1C. The van der Waals surface area contributed by atoms with Gasteiger partial charge >= 0.3 is 0 Å². The first-order valence-corrected chi connectivity index (χ1v) is 10.1. The number of furan rings is 1. The largest absolute Gasteiger partial charge is 0.492 e. The first kappa shape index (κ1) is 18.5. The van der Waals surface area contributed by atoms with Gasteiger partial charge in [0.1, 0.15) is 5.75 Å². The van der Waals surface area contributed by atoms with Crippen molar-refractivity contribution in [2.75, 3.05) is 23.0 Å². The summed E-state index contributed by atoms with van der Waals surface area (Å²) in [5.41, 5.74) is 4.54. The molecule has 2 aliphatic heterocycles. The molecule has 0 bridgehead atoms. The Morgan fingerprint density at radius 2 is 1.93 bits per heavy atom. The predicted molar refractivity (Wildman–Crippen MR) is 114 cm³/mol. The summed E-state index contributed by atoms with van der Waals surface area (Å²) in [5, 5.41) is 0. The average molecular weight is 402 g/mol. The van der Waals surface area contributed by atoms with Crippen LogP contribution in [0.2, 0.25) is 0 Å². The van der Waals surface area contributed by atoms with Crippen molar-refractivity contribution in [2.24, 2.45) is 0 Å². The fourth-order valence-corrected chi connectivity index (χ4v) is 4.44. The van der Waals surface area contributed by atoms with E-state index in [1.807, 2.05) is 37.3 Å². The molecule has 3 aromatic rings. The number of rotatable bonds is 2. The predicted octanol–water partition coefficient (Wildman–Crippen LogP) is 4.28. The molecule has 0 unspecified atom stereocenters. The molecule has 2 aliphatic rings. The minimum Gasteiger partial charge on any atom is -0.492 e. The molecule has 0 saturated carbocycles. The van der Waals surface area contributed by atoms with Gasteiger partial charge in [-0.25, -0.2) is 0 Å². The number of benzene rings is 2. The number of hydrogen-bond acceptors (Lipinski definition) is 4. The van der Waals surface area contributed by atoms with Gasteiger partial charge in [-0.05, 0) is 42.3 Å². The number of para-hydroxylation sites is 1. The molecule has 0 N–H and O–H groups in total. The number of carbonyl (C=O) groups is 2. The molecule has 30 heavy (non-hydrogen) atoms. The molecule has 2 aromatic carbocycles. The fraction of sp³-hybridized carbons (Fsp3) is 0.250. The number of nitrogens with zero attached hydrogens (tertiary/aromatic N) is 2. The third-order valence-corrected chi connectivity index (χ3v) is 5.76. The zero-order valence-corrected chi connectivity index (χ0v) is 16.9. The molecule has 0 spiro atoms. The molecule has 6 nitrogen and oxygen atoms in total. The number of carbonyl (C=O) groups excluding carboxylic acids is 2. The van der Waals surface area contributed by atoms with E-state index in [9.17, 15) is 9.59 Å². The number of hydrogen-bond donors (Lipinski definition) is 0. The number of fused-ring (bicyclic) bond motifs is 2. The Bertz CT molecular complexity index is 1140. The van der Waals surface area contributed by atoms with Crippen molar-refractivity contribution in [3.63, 3.8) is 0 Å². The molecule has 0 radical (unpaired) electrons. The second-order valence-corrected chi connectivity index (χ2v) is 7.73. The van der Waals surface area contributed by atoms with E-state index in [4.69, 9.17) is 9.15 Å². The van der Waals surface area contributed by atoms with Crippen LogP contribution in [0.1, 0.15) is 30.0 Å². The van der Waals surface area contributed by atoms with Gasteiger partial charge in [0.05, 0.1) is 30.3 Å². The molecule has 3 heterocycles. The van der Waals surface area contributed by atoms with Crippen molar-refractivity contribution >= 4 is 23.2 Å². The lowest BCUT2D eigenvalue weighted by Gasteiger charge is -2.40. The van der Waals surface area contributed by atoms with Gasteiger partial charge in [0.2, 0.25) is 5.91 Å². The van der Waals surface area contributed by atoms with Gasteiger partial charge in [-0.2, -0.15) is 0 Å². The topological polar surface area (TPSA) is 63.0 Å². The second-order valence-electron chi connectivity index (χ2n) is 7.73. The Morgan fingerprint density at radius 3 is 2.70 bits per heavy atom. The van der Waals surface area contributed by atoms with Crippen molar-refractivity contribution in [2.45, 2.75) is 26.3 Å². The fourth-order valence-electron chi connectivity index (χ4n) is 4.44. The smallest absolute Gasteiger partial charge is 0.294 e. The van der Waals surface area contributed by atoms with Crippen LogP contribution in [0.3, 0.4) is 0 Å². The molecule has 152 valence electrons. The van der Waals surface area contributed by atoms with E-state index in [2.05, 4.69) is 6.07 Å². The van der Waals surface area contributed by atoms with E-state index < -0.39 is 0 Å². The Hall–Kier alpha value is -3.54. The van der Waals surface area contributed by atoms with Gasteiger partial charge in [-0.1, -0.05) is 24.3 Å². The van der Waals surface area contributed by atoms with Crippen molar-refractivity contribution in [1.82, 2.24) is 0 Å². The summed E-state index contributed by atoms with van der Waals surface area (Å²) in [7, 11) is 0. The van der Waals surface area contributed by atoms with Crippen molar-refractivity contribution in [1.29, 1.82) is 0 Å². The van der Waals surface area contributed by atoms with Crippen LogP contribution in [-0.2, 0) is 11.2 Å². The lowest BCUT2D eigenvalue weighted by atomic mass is 9.98. The van der Waals surface area contributed by atoms with Gasteiger partial charge in [0.15, 0.2) is 5.76 Å². The van der Waals surface area contributed by atoms with E-state index in [0.29, 0.717) is 18.8 Å². The zero-order chi connectivity index (χ0) is 20.8. The Balaban J connectivity index is 1.66. The van der Waals surface area contributed by atoms with E-state index in [0.717, 1.165) is 29.0 Å². The summed E-state index contributed by atoms with van der Waals surface area (Å²) >= 11 is 0. The van der Waals surface area contributed by atoms with E-state index in [-0.39, 0.29) is 23.6 Å². The normalized spacial score (nSPS) is 17.3. The summed E-state index contributed by atoms with van der Waals surface area (Å²) in [4.78, 5) is 29.0. The molecule has 6 heteroatoms. The molecule has 0 fully saturated rings. The van der Waals surface area contributed by atoms with E-state index >= 15 is 0 Å². The summed E-state index contributed by atoms with van der Waals surface area (Å²) in [6.07, 6.45) is 2.39. The molecular weight excluding hydrogens is 380 g/mol. The Labute approximate surface area is 174 Å². The van der Waals surface area contributed by atoms with Crippen molar-refractivity contribution in [3.8, 4) is 16.9 Å². The van der Waals surface area contributed by atoms with Crippen LogP contribution in [-0.4, -0.2) is 31.0 Å². The van der Waals surface area contributed by atoms with Crippen molar-refractivity contribution < 1.29 is 18.7 Å². The van der Waals surface area contributed by atoms with Crippen LogP contribution >= 0.6 is 0 Å². The third kappa shape index (κ3) is 2.87. The van der Waals surface area contributed by atoms with Gasteiger partial charge in [-0.15, -0.1) is 0 Å². The monoisotopic (exact) mass is 402 g/mol. The van der Waals surface area contributed by atoms with Crippen LogP contribution in [0, 0.1) is 0 Å². The minimum atomic E-state index is -0.219. The molecule has 5 rings (SSSR count). The zero-order valence-electron chi connectivity index (χ0n) is 16.9. The number of amides is 2. The van der Waals surface area contributed by atoms with E-state index in [1.165, 1.54) is 11.8 Å². The first-order chi connectivity index (χ1) is 14.5. The second kappa shape index (κ2) is 7.06. The number of ether oxygens (including phenoxy) is 1. The lowest BCUT2D eigenvalue weighted by Crippen LogP contribution is -2.51. The molecule has 2 amide bonds.